The van der Waals surface area contributed by atoms with Crippen LogP contribution in [0.1, 0.15) is 5.56 Å². The largest absolute Gasteiger partial charge is 0.496 e. The second-order valence-corrected chi connectivity index (χ2v) is 3.13. The molecule has 6 heteroatoms. The molecule has 16 heavy (non-hydrogen) atoms. The van der Waals surface area contributed by atoms with Crippen LogP contribution in [0.3, 0.4) is 0 Å². The topological polar surface area (TPSA) is 47.3 Å². The molecule has 0 bridgehead atoms. The van der Waals surface area contributed by atoms with Gasteiger partial charge in [0, 0.05) is 24.8 Å². The first-order valence-corrected chi connectivity index (χ1v) is 4.68. The highest BCUT2D eigenvalue weighted by Crippen LogP contribution is 2.37. The number of halogens is 3. The van der Waals surface area contributed by atoms with Gasteiger partial charge in [-0.25, -0.2) is 0 Å². The lowest BCUT2D eigenvalue weighted by molar-refractivity contribution is -0.138. The molecular weight excluding hydrogens is 221 g/mol. The van der Waals surface area contributed by atoms with E-state index < -0.39 is 11.7 Å². The number of anilines is 1. The highest BCUT2D eigenvalue weighted by Gasteiger charge is 2.34. The predicted molar refractivity (Wildman–Crippen MR) is 55.5 cm³/mol. The molecule has 0 unspecified atom stereocenters. The summed E-state index contributed by atoms with van der Waals surface area (Å²) >= 11 is 0. The van der Waals surface area contributed by atoms with Gasteiger partial charge >= 0.3 is 6.18 Å². The van der Waals surface area contributed by atoms with E-state index in [-0.39, 0.29) is 5.75 Å². The van der Waals surface area contributed by atoms with Crippen LogP contribution in [0.5, 0.6) is 5.75 Å². The SMILES string of the molecule is COc1cc(NCCN)ccc1C(F)(F)F. The maximum absolute atomic E-state index is 12.5. The van der Waals surface area contributed by atoms with Crippen LogP contribution in [0, 0.1) is 0 Å². The average molecular weight is 234 g/mol. The molecule has 0 heterocycles. The van der Waals surface area contributed by atoms with Crippen LogP contribution in [0.4, 0.5) is 18.9 Å². The highest BCUT2D eigenvalue weighted by atomic mass is 19.4. The molecule has 0 saturated heterocycles. The van der Waals surface area contributed by atoms with Gasteiger partial charge < -0.3 is 15.8 Å². The van der Waals surface area contributed by atoms with Crippen molar-refractivity contribution in [2.75, 3.05) is 25.5 Å². The van der Waals surface area contributed by atoms with Gasteiger partial charge in [0.1, 0.15) is 5.75 Å². The summed E-state index contributed by atoms with van der Waals surface area (Å²) in [5.41, 5.74) is 5.04. The first-order valence-electron chi connectivity index (χ1n) is 4.68. The van der Waals surface area contributed by atoms with Gasteiger partial charge in [0.15, 0.2) is 0 Å². The summed E-state index contributed by atoms with van der Waals surface area (Å²) < 4.78 is 42.2. The van der Waals surface area contributed by atoms with Gasteiger partial charge in [0.25, 0.3) is 0 Å². The summed E-state index contributed by atoms with van der Waals surface area (Å²) in [5, 5.41) is 2.88. The fourth-order valence-electron chi connectivity index (χ4n) is 1.25. The molecule has 0 amide bonds. The van der Waals surface area contributed by atoms with Crippen molar-refractivity contribution in [1.29, 1.82) is 0 Å². The van der Waals surface area contributed by atoms with Crippen LogP contribution in [-0.4, -0.2) is 20.2 Å². The van der Waals surface area contributed by atoms with Crippen LogP contribution in [-0.2, 0) is 6.18 Å². The van der Waals surface area contributed by atoms with Gasteiger partial charge in [-0.2, -0.15) is 13.2 Å². The van der Waals surface area contributed by atoms with E-state index in [1.807, 2.05) is 0 Å². The van der Waals surface area contributed by atoms with Gasteiger partial charge in [-0.3, -0.25) is 0 Å². The Morgan fingerprint density at radius 1 is 1.38 bits per heavy atom. The number of hydrogen-bond donors (Lipinski definition) is 2. The summed E-state index contributed by atoms with van der Waals surface area (Å²) in [6.07, 6.45) is -4.41. The van der Waals surface area contributed by atoms with Crippen molar-refractivity contribution in [2.45, 2.75) is 6.18 Å². The summed E-state index contributed by atoms with van der Waals surface area (Å²) in [6, 6.07) is 3.64. The lowest BCUT2D eigenvalue weighted by Crippen LogP contribution is -2.13. The number of ether oxygens (including phenoxy) is 1. The van der Waals surface area contributed by atoms with Gasteiger partial charge in [-0.05, 0) is 12.1 Å². The van der Waals surface area contributed by atoms with Crippen molar-refractivity contribution in [1.82, 2.24) is 0 Å². The van der Waals surface area contributed by atoms with Crippen LogP contribution < -0.4 is 15.8 Å². The van der Waals surface area contributed by atoms with Crippen LogP contribution in [0.15, 0.2) is 18.2 Å². The lowest BCUT2D eigenvalue weighted by Gasteiger charge is -2.13. The number of benzene rings is 1. The second kappa shape index (κ2) is 5.07. The van der Waals surface area contributed by atoms with E-state index in [0.29, 0.717) is 18.8 Å². The molecule has 90 valence electrons. The van der Waals surface area contributed by atoms with E-state index in [1.54, 1.807) is 0 Å². The van der Waals surface area contributed by atoms with Crippen molar-refractivity contribution >= 4 is 5.69 Å². The first kappa shape index (κ1) is 12.6. The molecule has 1 aromatic carbocycles. The molecule has 0 aliphatic rings. The third-order valence-corrected chi connectivity index (χ3v) is 1.98. The maximum atomic E-state index is 12.5. The van der Waals surface area contributed by atoms with E-state index >= 15 is 0 Å². The normalized spacial score (nSPS) is 11.3. The minimum atomic E-state index is -4.41. The number of nitrogens with two attached hydrogens (primary N) is 1. The Morgan fingerprint density at radius 2 is 2.06 bits per heavy atom. The molecule has 0 saturated carbocycles. The van der Waals surface area contributed by atoms with Gasteiger partial charge in [0.2, 0.25) is 0 Å². The standard InChI is InChI=1S/C10H13F3N2O/c1-16-9-6-7(15-5-4-14)2-3-8(9)10(11,12)13/h2-3,6,15H,4-5,14H2,1H3. The molecule has 0 atom stereocenters. The van der Waals surface area contributed by atoms with E-state index in [2.05, 4.69) is 5.32 Å². The van der Waals surface area contributed by atoms with Gasteiger partial charge in [0.05, 0.1) is 12.7 Å². The Morgan fingerprint density at radius 3 is 2.56 bits per heavy atom. The third-order valence-electron chi connectivity index (χ3n) is 1.98. The Hall–Kier alpha value is -1.43. The molecule has 1 rings (SSSR count). The molecule has 0 aromatic heterocycles. The zero-order valence-corrected chi connectivity index (χ0v) is 8.77. The number of rotatable bonds is 4. The minimum Gasteiger partial charge on any atom is -0.496 e. The summed E-state index contributed by atoms with van der Waals surface area (Å²) in [5.74, 6) is -0.200. The van der Waals surface area contributed by atoms with E-state index in [9.17, 15) is 13.2 Å². The van der Waals surface area contributed by atoms with Gasteiger partial charge in [-0.1, -0.05) is 0 Å². The van der Waals surface area contributed by atoms with Crippen LogP contribution in [0.25, 0.3) is 0 Å². The number of methoxy groups -OCH3 is 1. The smallest absolute Gasteiger partial charge is 0.419 e. The zero-order chi connectivity index (χ0) is 12.2. The first-order chi connectivity index (χ1) is 7.49. The van der Waals surface area contributed by atoms with Crippen molar-refractivity contribution < 1.29 is 17.9 Å². The molecule has 0 aliphatic heterocycles. The highest BCUT2D eigenvalue weighted by molar-refractivity contribution is 5.52. The van der Waals surface area contributed by atoms with E-state index in [1.165, 1.54) is 19.2 Å². The Labute approximate surface area is 91.4 Å². The fraction of sp³-hybridized carbons (Fsp3) is 0.400. The van der Waals surface area contributed by atoms with E-state index in [4.69, 9.17) is 10.5 Å². The van der Waals surface area contributed by atoms with E-state index in [0.717, 1.165) is 6.07 Å². The molecule has 3 N–H and O–H groups in total. The Bertz CT molecular complexity index is 352. The summed E-state index contributed by atoms with van der Waals surface area (Å²) in [6.45, 7) is 0.901. The van der Waals surface area contributed by atoms with Gasteiger partial charge in [-0.15, -0.1) is 0 Å². The van der Waals surface area contributed by atoms with Crippen molar-refractivity contribution in [3.05, 3.63) is 23.8 Å². The molecule has 0 spiro atoms. The zero-order valence-electron chi connectivity index (χ0n) is 8.77. The third kappa shape index (κ3) is 3.03. The number of nitrogens with one attached hydrogen (secondary N) is 1. The molecule has 0 fully saturated rings. The quantitative estimate of drug-likeness (QED) is 0.838. The molecule has 1 aromatic rings. The molecule has 0 radical (unpaired) electrons. The fourth-order valence-corrected chi connectivity index (χ4v) is 1.25. The predicted octanol–water partition coefficient (Wildman–Crippen LogP) is 2.08. The number of alkyl halides is 3. The summed E-state index contributed by atoms with van der Waals surface area (Å²) in [4.78, 5) is 0. The Balaban J connectivity index is 2.98. The van der Waals surface area contributed by atoms with Crippen molar-refractivity contribution in [3.63, 3.8) is 0 Å². The van der Waals surface area contributed by atoms with Crippen molar-refractivity contribution in [2.24, 2.45) is 5.73 Å². The second-order valence-electron chi connectivity index (χ2n) is 3.13. The van der Waals surface area contributed by atoms with Crippen molar-refractivity contribution in [3.8, 4) is 5.75 Å². The maximum Gasteiger partial charge on any atom is 0.419 e. The molecular formula is C10H13F3N2O. The van der Waals surface area contributed by atoms with Crippen LogP contribution in [0.2, 0.25) is 0 Å². The molecule has 3 nitrogen and oxygen atoms in total. The minimum absolute atomic E-state index is 0.200. The average Bonchev–Trinajstić information content (AvgIpc) is 2.24. The van der Waals surface area contributed by atoms with Crippen LogP contribution >= 0.6 is 0 Å². The lowest BCUT2D eigenvalue weighted by atomic mass is 10.1. The number of hydrogen-bond acceptors (Lipinski definition) is 3. The molecule has 0 aliphatic carbocycles. The monoisotopic (exact) mass is 234 g/mol. The Kier molecular flexibility index (Phi) is 4.00. The summed E-state index contributed by atoms with van der Waals surface area (Å²) in [7, 11) is 1.21.